The number of likely N-dealkylation sites (tertiary alicyclic amines) is 1. The van der Waals surface area contributed by atoms with Crippen LogP contribution < -0.4 is 4.74 Å². The van der Waals surface area contributed by atoms with Crippen LogP contribution in [-0.4, -0.2) is 73.0 Å². The Morgan fingerprint density at radius 2 is 1.48 bits per heavy atom. The molecule has 0 aromatic heterocycles. The van der Waals surface area contributed by atoms with Gasteiger partial charge in [-0.15, -0.1) is 0 Å². The molecule has 1 saturated heterocycles. The highest BCUT2D eigenvalue weighted by molar-refractivity contribution is 7.92. The van der Waals surface area contributed by atoms with E-state index < -0.39 is 78.6 Å². The van der Waals surface area contributed by atoms with Crippen molar-refractivity contribution in [2.24, 2.45) is 5.92 Å². The number of hydrogen-bond acceptors (Lipinski definition) is 8. The Morgan fingerprint density at radius 3 is 1.93 bits per heavy atom. The van der Waals surface area contributed by atoms with Crippen molar-refractivity contribution in [2.75, 3.05) is 25.6 Å². The third-order valence-corrected chi connectivity index (χ3v) is 12.2. The van der Waals surface area contributed by atoms with Gasteiger partial charge in [-0.05, 0) is 68.4 Å². The summed E-state index contributed by atoms with van der Waals surface area (Å²) in [7, 11) is -12.3. The van der Waals surface area contributed by atoms with Crippen LogP contribution in [0.2, 0.25) is 0 Å². The summed E-state index contributed by atoms with van der Waals surface area (Å²) in [5.41, 5.74) is -1.57. The number of alkyl halides is 3. The Balaban J connectivity index is 1.62. The van der Waals surface area contributed by atoms with Gasteiger partial charge in [-0.2, -0.15) is 13.2 Å². The van der Waals surface area contributed by atoms with E-state index in [-0.39, 0.29) is 44.2 Å². The first-order valence-corrected chi connectivity index (χ1v) is 18.6. The molecule has 15 heteroatoms. The molecule has 0 N–H and O–H groups in total. The normalized spacial score (nSPS) is 18.1. The van der Waals surface area contributed by atoms with Gasteiger partial charge < -0.3 is 9.64 Å². The fraction of sp³-hybridized carbons (Fsp3) is 0.519. The van der Waals surface area contributed by atoms with Crippen LogP contribution in [0.25, 0.3) is 0 Å². The molecular formula is C27H32F3NO8S3. The summed E-state index contributed by atoms with van der Waals surface area (Å²) in [6.07, 6.45) is -1.23. The van der Waals surface area contributed by atoms with Gasteiger partial charge in [0.25, 0.3) is 5.91 Å². The maximum atomic E-state index is 13.7. The number of ether oxygens (including phenoxy) is 1. The molecule has 1 heterocycles. The molecule has 1 atom stereocenters. The van der Waals surface area contributed by atoms with Crippen LogP contribution in [0.1, 0.15) is 54.9 Å². The number of carbonyl (C=O) groups excluding carboxylic acids is 1. The van der Waals surface area contributed by atoms with Crippen molar-refractivity contribution in [3.05, 3.63) is 47.5 Å². The molecule has 0 bridgehead atoms. The van der Waals surface area contributed by atoms with Crippen LogP contribution in [0.3, 0.4) is 0 Å². The molecule has 1 saturated carbocycles. The maximum absolute atomic E-state index is 13.7. The molecule has 42 heavy (non-hydrogen) atoms. The van der Waals surface area contributed by atoms with Crippen molar-refractivity contribution in [1.82, 2.24) is 4.90 Å². The van der Waals surface area contributed by atoms with E-state index in [2.05, 4.69) is 0 Å². The highest BCUT2D eigenvalue weighted by atomic mass is 32.2. The van der Waals surface area contributed by atoms with Crippen molar-refractivity contribution in [3.63, 3.8) is 0 Å². The minimum atomic E-state index is -4.71. The number of hydrogen-bond donors (Lipinski definition) is 0. The predicted octanol–water partition coefficient (Wildman–Crippen LogP) is 4.16. The van der Waals surface area contributed by atoms with E-state index in [1.807, 2.05) is 0 Å². The largest absolute Gasteiger partial charge is 0.490 e. The summed E-state index contributed by atoms with van der Waals surface area (Å²) in [5, 5.41) is -1.02. The van der Waals surface area contributed by atoms with Crippen LogP contribution in [0.4, 0.5) is 13.2 Å². The van der Waals surface area contributed by atoms with Gasteiger partial charge in [-0.25, -0.2) is 25.3 Å². The molecule has 1 amide bonds. The van der Waals surface area contributed by atoms with Crippen molar-refractivity contribution in [1.29, 1.82) is 0 Å². The molecule has 1 aliphatic heterocycles. The highest BCUT2D eigenvalue weighted by Gasteiger charge is 2.39. The Labute approximate surface area is 243 Å². The molecule has 0 radical (unpaired) electrons. The Hall–Kier alpha value is -2.65. The molecule has 2 aliphatic rings. The summed E-state index contributed by atoms with van der Waals surface area (Å²) in [4.78, 5) is 13.6. The van der Waals surface area contributed by atoms with Gasteiger partial charge >= 0.3 is 6.18 Å². The van der Waals surface area contributed by atoms with E-state index in [9.17, 15) is 43.2 Å². The summed E-state index contributed by atoms with van der Waals surface area (Å²) in [6.45, 7) is 1.60. The lowest BCUT2D eigenvalue weighted by Crippen LogP contribution is -2.43. The number of sulfone groups is 3. The number of carbonyl (C=O) groups is 1. The van der Waals surface area contributed by atoms with E-state index in [0.29, 0.717) is 6.07 Å². The second-order valence-electron chi connectivity index (χ2n) is 10.8. The zero-order chi connectivity index (χ0) is 31.3. The summed E-state index contributed by atoms with van der Waals surface area (Å²) < 4.78 is 123. The van der Waals surface area contributed by atoms with Gasteiger partial charge in [0.15, 0.2) is 29.5 Å². The summed E-state index contributed by atoms with van der Waals surface area (Å²) >= 11 is 0. The van der Waals surface area contributed by atoms with E-state index in [4.69, 9.17) is 4.74 Å². The summed E-state index contributed by atoms with van der Waals surface area (Å²) in [6, 6.07) is 5.89. The van der Waals surface area contributed by atoms with E-state index >= 15 is 0 Å². The molecule has 232 valence electrons. The number of nitrogens with zero attached hydrogens (tertiary/aromatic N) is 1. The molecule has 2 aromatic rings. The molecule has 9 nitrogen and oxygen atoms in total. The van der Waals surface area contributed by atoms with Crippen LogP contribution in [-0.2, 0) is 35.7 Å². The molecule has 4 rings (SSSR count). The average Bonchev–Trinajstić information content (AvgIpc) is 3.71. The van der Waals surface area contributed by atoms with Crippen LogP contribution in [0, 0.1) is 5.92 Å². The van der Waals surface area contributed by atoms with Crippen molar-refractivity contribution in [2.45, 2.75) is 71.2 Å². The van der Waals surface area contributed by atoms with Gasteiger partial charge in [-0.3, -0.25) is 4.79 Å². The lowest BCUT2D eigenvalue weighted by molar-refractivity contribution is -0.137. The third kappa shape index (κ3) is 6.94. The first-order chi connectivity index (χ1) is 19.3. The van der Waals surface area contributed by atoms with Gasteiger partial charge in [0.1, 0.15) is 5.75 Å². The second-order valence-corrected chi connectivity index (χ2v) is 16.9. The zero-order valence-electron chi connectivity index (χ0n) is 23.2. The highest BCUT2D eigenvalue weighted by Crippen LogP contribution is 2.37. The smallest absolute Gasteiger partial charge is 0.416 e. The van der Waals surface area contributed by atoms with E-state index in [1.54, 1.807) is 6.92 Å². The zero-order valence-corrected chi connectivity index (χ0v) is 25.7. The average molecular weight is 652 g/mol. The maximum Gasteiger partial charge on any atom is 0.416 e. The molecular weight excluding hydrogens is 619 g/mol. The topological polar surface area (TPSA) is 132 Å². The minimum absolute atomic E-state index is 0.00909. The Bertz CT molecular complexity index is 1640. The third-order valence-electron chi connectivity index (χ3n) is 7.52. The Morgan fingerprint density at radius 1 is 0.929 bits per heavy atom. The van der Waals surface area contributed by atoms with Crippen molar-refractivity contribution >= 4 is 35.4 Å². The standard InChI is InChI=1S/C27H32F3NO8S3/c1-4-22(42(37,38)21-7-5-6-18(14-21)27(28,29)30)17-10-12-31(13-11-17)26(32)25-23(40(2,33)34)15-20(39-19-8-9-19)16-24(25)41(3,35)36/h5-7,14-17,19,22H,4,8-13H2,1-3H3. The van der Waals surface area contributed by atoms with Crippen LogP contribution in [0.15, 0.2) is 51.1 Å². The van der Waals surface area contributed by atoms with Crippen molar-refractivity contribution in [3.8, 4) is 5.75 Å². The quantitative estimate of drug-likeness (QED) is 0.395. The fourth-order valence-electron chi connectivity index (χ4n) is 5.27. The lowest BCUT2D eigenvalue weighted by atomic mass is 9.91. The SMILES string of the molecule is CCC(C1CCN(C(=O)c2c(S(C)(=O)=O)cc(OC3CC3)cc2S(C)(=O)=O)CC1)S(=O)(=O)c1cccc(C(F)(F)F)c1. The second kappa shape index (κ2) is 11.5. The molecule has 1 aliphatic carbocycles. The number of rotatable bonds is 9. The monoisotopic (exact) mass is 651 g/mol. The van der Waals surface area contributed by atoms with Crippen molar-refractivity contribution < 1.29 is 48.0 Å². The first kappa shape index (κ1) is 32.3. The van der Waals surface area contributed by atoms with Gasteiger partial charge in [0.2, 0.25) is 0 Å². The number of benzene rings is 2. The number of piperidine rings is 1. The molecule has 2 fully saturated rings. The lowest BCUT2D eigenvalue weighted by Gasteiger charge is -2.36. The number of halogens is 3. The molecule has 1 unspecified atom stereocenters. The first-order valence-electron chi connectivity index (χ1n) is 13.3. The predicted molar refractivity (Wildman–Crippen MR) is 148 cm³/mol. The fourth-order valence-corrected chi connectivity index (χ4v) is 9.26. The van der Waals surface area contributed by atoms with Gasteiger partial charge in [0, 0.05) is 25.6 Å². The van der Waals surface area contributed by atoms with Gasteiger partial charge in [0.05, 0.1) is 37.2 Å². The van der Waals surface area contributed by atoms with Crippen LogP contribution >= 0.6 is 0 Å². The molecule has 0 spiro atoms. The number of amides is 1. The molecule has 2 aromatic carbocycles. The van der Waals surface area contributed by atoms with Crippen LogP contribution in [0.5, 0.6) is 5.75 Å². The van der Waals surface area contributed by atoms with Gasteiger partial charge in [-0.1, -0.05) is 13.0 Å². The summed E-state index contributed by atoms with van der Waals surface area (Å²) in [5.74, 6) is -1.31. The van der Waals surface area contributed by atoms with E-state index in [1.165, 1.54) is 4.90 Å². The minimum Gasteiger partial charge on any atom is -0.490 e. The van der Waals surface area contributed by atoms with E-state index in [0.717, 1.165) is 55.7 Å². The Kier molecular flexibility index (Phi) is 8.80.